The van der Waals surface area contributed by atoms with E-state index >= 15 is 0 Å². The first-order valence-corrected chi connectivity index (χ1v) is 6.95. The Labute approximate surface area is 103 Å². The van der Waals surface area contributed by atoms with Gasteiger partial charge in [0, 0.05) is 22.0 Å². The van der Waals surface area contributed by atoms with Crippen molar-refractivity contribution in [3.05, 3.63) is 22.8 Å². The summed E-state index contributed by atoms with van der Waals surface area (Å²) >= 11 is 5.28. The molecule has 1 aromatic heterocycles. The molecule has 4 heteroatoms. The van der Waals surface area contributed by atoms with Crippen molar-refractivity contribution in [1.82, 2.24) is 4.98 Å². The number of hydrogen-bond donors (Lipinski definition) is 1. The van der Waals surface area contributed by atoms with Crippen LogP contribution in [0.1, 0.15) is 25.7 Å². The summed E-state index contributed by atoms with van der Waals surface area (Å²) in [5.41, 5.74) is 5.88. The molecule has 1 aliphatic rings. The maximum absolute atomic E-state index is 5.88. The number of hydrogen-bond acceptors (Lipinski definition) is 3. The zero-order chi connectivity index (χ0) is 10.7. The fraction of sp³-hybridized carbons (Fsp3) is 0.545. The molecule has 2 rings (SSSR count). The lowest BCUT2D eigenvalue weighted by Crippen LogP contribution is -2.27. The molecule has 0 bridgehead atoms. The minimum atomic E-state index is 0.430. The van der Waals surface area contributed by atoms with E-state index in [-0.39, 0.29) is 0 Å². The number of nitrogens with zero attached hydrogens (tertiary/aromatic N) is 1. The molecule has 1 aliphatic carbocycles. The normalized spacial score (nSPS) is 26.5. The molecule has 15 heavy (non-hydrogen) atoms. The molecule has 0 atom stereocenters. The van der Waals surface area contributed by atoms with Gasteiger partial charge < -0.3 is 5.73 Å². The predicted octanol–water partition coefficient (Wildman–Crippen LogP) is 3.21. The van der Waals surface area contributed by atoms with E-state index in [9.17, 15) is 0 Å². The average Bonchev–Trinajstić information content (AvgIpc) is 2.25. The third kappa shape index (κ3) is 3.47. The van der Waals surface area contributed by atoms with Crippen LogP contribution in [0.2, 0.25) is 0 Å². The van der Waals surface area contributed by atoms with Crippen molar-refractivity contribution in [2.24, 2.45) is 5.73 Å². The second-order valence-electron chi connectivity index (χ2n) is 3.97. The molecule has 82 valence electrons. The van der Waals surface area contributed by atoms with E-state index in [2.05, 4.69) is 27.0 Å². The van der Waals surface area contributed by atoms with E-state index < -0.39 is 0 Å². The summed E-state index contributed by atoms with van der Waals surface area (Å²) in [7, 11) is 0. The van der Waals surface area contributed by atoms with Gasteiger partial charge in [-0.2, -0.15) is 0 Å². The average molecular weight is 287 g/mol. The van der Waals surface area contributed by atoms with Crippen LogP contribution in [0, 0.1) is 0 Å². The van der Waals surface area contributed by atoms with Gasteiger partial charge in [0.25, 0.3) is 0 Å². The lowest BCUT2D eigenvalue weighted by Gasteiger charge is -2.25. The van der Waals surface area contributed by atoms with Crippen molar-refractivity contribution >= 4 is 27.7 Å². The molecule has 0 radical (unpaired) electrons. The Hall–Kier alpha value is -0.0600. The smallest absolute Gasteiger partial charge is 0.0963 e. The molecular formula is C11H15BrN2S. The molecule has 0 amide bonds. The Kier molecular flexibility index (Phi) is 4.05. The molecule has 0 aliphatic heterocycles. The standard InChI is InChI=1S/C11H15BrN2S/c12-8-1-6-11(14-7-8)15-10-4-2-9(13)3-5-10/h1,6-7,9-10H,2-5,13H2. The maximum atomic E-state index is 5.88. The summed E-state index contributed by atoms with van der Waals surface area (Å²) in [5, 5.41) is 1.83. The molecule has 2 nitrogen and oxygen atoms in total. The third-order valence-corrected chi connectivity index (χ3v) is 4.46. The van der Waals surface area contributed by atoms with E-state index in [1.165, 1.54) is 12.8 Å². The van der Waals surface area contributed by atoms with Crippen molar-refractivity contribution in [1.29, 1.82) is 0 Å². The first-order chi connectivity index (χ1) is 7.24. The van der Waals surface area contributed by atoms with Gasteiger partial charge in [-0.1, -0.05) is 0 Å². The monoisotopic (exact) mass is 286 g/mol. The van der Waals surface area contributed by atoms with Gasteiger partial charge in [0.1, 0.15) is 0 Å². The van der Waals surface area contributed by atoms with Crippen molar-refractivity contribution in [2.45, 2.75) is 42.0 Å². The lowest BCUT2D eigenvalue weighted by atomic mass is 9.96. The quantitative estimate of drug-likeness (QED) is 0.907. The van der Waals surface area contributed by atoms with Crippen LogP contribution in [0.5, 0.6) is 0 Å². The van der Waals surface area contributed by atoms with Crippen LogP contribution in [0.25, 0.3) is 0 Å². The van der Waals surface area contributed by atoms with Crippen LogP contribution in [0.4, 0.5) is 0 Å². The highest BCUT2D eigenvalue weighted by Crippen LogP contribution is 2.32. The van der Waals surface area contributed by atoms with Crippen LogP contribution in [-0.4, -0.2) is 16.3 Å². The molecule has 1 saturated carbocycles. The van der Waals surface area contributed by atoms with Gasteiger partial charge in [-0.25, -0.2) is 4.98 Å². The summed E-state index contributed by atoms with van der Waals surface area (Å²) in [4.78, 5) is 4.38. The topological polar surface area (TPSA) is 38.9 Å². The number of aromatic nitrogens is 1. The molecule has 0 unspecified atom stereocenters. The Balaban J connectivity index is 1.89. The number of halogens is 1. The molecule has 0 spiro atoms. The molecule has 2 N–H and O–H groups in total. The van der Waals surface area contributed by atoms with Gasteiger partial charge in [-0.05, 0) is 53.7 Å². The second kappa shape index (κ2) is 5.32. The lowest BCUT2D eigenvalue weighted by molar-refractivity contribution is 0.450. The SMILES string of the molecule is NC1CCC(Sc2ccc(Br)cn2)CC1. The minimum absolute atomic E-state index is 0.430. The van der Waals surface area contributed by atoms with Crippen LogP contribution in [-0.2, 0) is 0 Å². The summed E-state index contributed by atoms with van der Waals surface area (Å²) in [6.07, 6.45) is 6.63. The largest absolute Gasteiger partial charge is 0.328 e. The number of nitrogens with two attached hydrogens (primary N) is 1. The molecule has 0 saturated heterocycles. The van der Waals surface area contributed by atoms with Gasteiger partial charge in [0.05, 0.1) is 5.03 Å². The highest BCUT2D eigenvalue weighted by Gasteiger charge is 2.19. The Morgan fingerprint density at radius 1 is 1.27 bits per heavy atom. The molecular weight excluding hydrogens is 272 g/mol. The summed E-state index contributed by atoms with van der Waals surface area (Å²) in [6, 6.07) is 4.55. The van der Waals surface area contributed by atoms with Crippen molar-refractivity contribution in [3.8, 4) is 0 Å². The highest BCUT2D eigenvalue weighted by molar-refractivity contribution is 9.10. The first-order valence-electron chi connectivity index (χ1n) is 5.28. The predicted molar refractivity (Wildman–Crippen MR) is 68.0 cm³/mol. The van der Waals surface area contributed by atoms with Gasteiger partial charge in [0.15, 0.2) is 0 Å². The first kappa shape index (κ1) is 11.4. The van der Waals surface area contributed by atoms with Gasteiger partial charge in [-0.15, -0.1) is 11.8 Å². The second-order valence-corrected chi connectivity index (χ2v) is 6.21. The van der Waals surface area contributed by atoms with Crippen LogP contribution in [0.3, 0.4) is 0 Å². The number of rotatable bonds is 2. The summed E-state index contributed by atoms with van der Waals surface area (Å²) < 4.78 is 1.04. The van der Waals surface area contributed by atoms with Crippen LogP contribution >= 0.6 is 27.7 Å². The Bertz CT molecular complexity index is 307. The van der Waals surface area contributed by atoms with Crippen molar-refractivity contribution < 1.29 is 0 Å². The maximum Gasteiger partial charge on any atom is 0.0963 e. The number of pyridine rings is 1. The van der Waals surface area contributed by atoms with Gasteiger partial charge >= 0.3 is 0 Å². The van der Waals surface area contributed by atoms with Crippen molar-refractivity contribution in [3.63, 3.8) is 0 Å². The van der Waals surface area contributed by atoms with Crippen LogP contribution < -0.4 is 5.73 Å². The third-order valence-electron chi connectivity index (χ3n) is 2.71. The van der Waals surface area contributed by atoms with Gasteiger partial charge in [-0.3, -0.25) is 0 Å². The number of thioether (sulfide) groups is 1. The van der Waals surface area contributed by atoms with E-state index in [4.69, 9.17) is 5.73 Å². The van der Waals surface area contributed by atoms with Crippen molar-refractivity contribution in [2.75, 3.05) is 0 Å². The highest BCUT2D eigenvalue weighted by atomic mass is 79.9. The van der Waals surface area contributed by atoms with E-state index in [1.54, 1.807) is 0 Å². The zero-order valence-electron chi connectivity index (χ0n) is 8.53. The molecule has 1 fully saturated rings. The van der Waals surface area contributed by atoms with Gasteiger partial charge in [0.2, 0.25) is 0 Å². The molecule has 1 aromatic rings. The van der Waals surface area contributed by atoms with E-state index in [0.717, 1.165) is 22.3 Å². The summed E-state index contributed by atoms with van der Waals surface area (Å²) in [5.74, 6) is 0. The Morgan fingerprint density at radius 2 is 2.00 bits per heavy atom. The fourth-order valence-electron chi connectivity index (χ4n) is 1.81. The van der Waals surface area contributed by atoms with E-state index in [1.807, 2.05) is 24.0 Å². The fourth-order valence-corrected chi connectivity index (χ4v) is 3.15. The Morgan fingerprint density at radius 3 is 2.60 bits per heavy atom. The zero-order valence-corrected chi connectivity index (χ0v) is 10.9. The minimum Gasteiger partial charge on any atom is -0.328 e. The molecule has 1 heterocycles. The van der Waals surface area contributed by atoms with E-state index in [0.29, 0.717) is 11.3 Å². The molecule has 0 aromatic carbocycles. The van der Waals surface area contributed by atoms with Crippen LogP contribution in [0.15, 0.2) is 27.8 Å². The summed E-state index contributed by atoms with van der Waals surface area (Å²) in [6.45, 7) is 0.